The number of methoxy groups -OCH3 is 2. The van der Waals surface area contributed by atoms with Crippen molar-refractivity contribution in [1.29, 1.82) is 0 Å². The summed E-state index contributed by atoms with van der Waals surface area (Å²) in [5, 5.41) is 2.99. The van der Waals surface area contributed by atoms with Gasteiger partial charge in [-0.1, -0.05) is 36.4 Å². The molecule has 0 radical (unpaired) electrons. The standard InChI is InChI=1S/C22H29N3O3/c1-27-20-10-6-9-19(21(20)28-2)22(26)23-11-12-24-13-15-25(16-14-24)17-18-7-4-3-5-8-18/h3-10H,11-17H2,1-2H3,(H,23,26). The Morgan fingerprint density at radius 2 is 1.64 bits per heavy atom. The maximum Gasteiger partial charge on any atom is 0.255 e. The molecule has 0 spiro atoms. The second-order valence-electron chi connectivity index (χ2n) is 6.90. The Balaban J connectivity index is 1.42. The van der Waals surface area contributed by atoms with Crippen LogP contribution < -0.4 is 14.8 Å². The van der Waals surface area contributed by atoms with E-state index in [2.05, 4.69) is 45.4 Å². The van der Waals surface area contributed by atoms with Crippen molar-refractivity contribution in [3.8, 4) is 11.5 Å². The van der Waals surface area contributed by atoms with Gasteiger partial charge in [-0.25, -0.2) is 0 Å². The number of hydrogen-bond donors (Lipinski definition) is 1. The van der Waals surface area contributed by atoms with Crippen LogP contribution in [0.2, 0.25) is 0 Å². The highest BCUT2D eigenvalue weighted by atomic mass is 16.5. The van der Waals surface area contributed by atoms with Gasteiger partial charge in [0.15, 0.2) is 11.5 Å². The highest BCUT2D eigenvalue weighted by Crippen LogP contribution is 2.30. The molecular formula is C22H29N3O3. The molecule has 1 aliphatic rings. The lowest BCUT2D eigenvalue weighted by molar-refractivity contribution is 0.0930. The predicted octanol–water partition coefficient (Wildman–Crippen LogP) is 2.25. The van der Waals surface area contributed by atoms with Crippen LogP contribution in [-0.4, -0.2) is 69.2 Å². The van der Waals surface area contributed by atoms with E-state index in [1.165, 1.54) is 5.56 Å². The average molecular weight is 383 g/mol. The molecule has 0 bridgehead atoms. The van der Waals surface area contributed by atoms with Gasteiger partial charge in [-0.15, -0.1) is 0 Å². The lowest BCUT2D eigenvalue weighted by Gasteiger charge is -2.34. The number of benzene rings is 2. The molecule has 6 nitrogen and oxygen atoms in total. The number of carbonyl (C=O) groups excluding carboxylic acids is 1. The fourth-order valence-corrected chi connectivity index (χ4v) is 3.50. The van der Waals surface area contributed by atoms with Gasteiger partial charge in [0.2, 0.25) is 0 Å². The topological polar surface area (TPSA) is 54.0 Å². The van der Waals surface area contributed by atoms with Crippen molar-refractivity contribution in [2.24, 2.45) is 0 Å². The van der Waals surface area contributed by atoms with Crippen LogP contribution in [-0.2, 0) is 6.54 Å². The SMILES string of the molecule is COc1cccc(C(=O)NCCN2CCN(Cc3ccccc3)CC2)c1OC. The van der Waals surface area contributed by atoms with Crippen LogP contribution in [0.15, 0.2) is 48.5 Å². The second kappa shape index (κ2) is 10.1. The van der Waals surface area contributed by atoms with Gasteiger partial charge in [-0.3, -0.25) is 14.6 Å². The van der Waals surface area contributed by atoms with E-state index >= 15 is 0 Å². The third-order valence-electron chi connectivity index (χ3n) is 5.08. The van der Waals surface area contributed by atoms with E-state index in [1.807, 2.05) is 0 Å². The summed E-state index contributed by atoms with van der Waals surface area (Å²) in [6.07, 6.45) is 0. The van der Waals surface area contributed by atoms with E-state index < -0.39 is 0 Å². The van der Waals surface area contributed by atoms with Crippen LogP contribution in [0.5, 0.6) is 11.5 Å². The number of amides is 1. The second-order valence-corrected chi connectivity index (χ2v) is 6.90. The smallest absolute Gasteiger partial charge is 0.255 e. The quantitative estimate of drug-likeness (QED) is 0.758. The van der Waals surface area contributed by atoms with Crippen molar-refractivity contribution >= 4 is 5.91 Å². The molecule has 0 atom stereocenters. The Morgan fingerprint density at radius 1 is 0.929 bits per heavy atom. The van der Waals surface area contributed by atoms with Gasteiger partial charge in [-0.05, 0) is 17.7 Å². The van der Waals surface area contributed by atoms with Crippen LogP contribution in [0.3, 0.4) is 0 Å². The molecule has 2 aromatic carbocycles. The number of carbonyl (C=O) groups is 1. The van der Waals surface area contributed by atoms with Crippen molar-refractivity contribution < 1.29 is 14.3 Å². The van der Waals surface area contributed by atoms with Crippen LogP contribution in [0.4, 0.5) is 0 Å². The first-order chi connectivity index (χ1) is 13.7. The molecule has 6 heteroatoms. The highest BCUT2D eigenvalue weighted by Gasteiger charge is 2.18. The third-order valence-corrected chi connectivity index (χ3v) is 5.08. The number of piperazine rings is 1. The van der Waals surface area contributed by atoms with Crippen LogP contribution in [0.25, 0.3) is 0 Å². The summed E-state index contributed by atoms with van der Waals surface area (Å²) >= 11 is 0. The number of nitrogens with zero attached hydrogens (tertiary/aromatic N) is 2. The Bertz CT molecular complexity index is 759. The first-order valence-electron chi connectivity index (χ1n) is 9.69. The fraction of sp³-hybridized carbons (Fsp3) is 0.409. The number of rotatable bonds is 8. The van der Waals surface area contributed by atoms with Gasteiger partial charge in [0.25, 0.3) is 5.91 Å². The molecule has 1 aliphatic heterocycles. The van der Waals surface area contributed by atoms with E-state index in [0.717, 1.165) is 39.3 Å². The molecule has 0 aromatic heterocycles. The summed E-state index contributed by atoms with van der Waals surface area (Å²) in [6.45, 7) is 6.59. The van der Waals surface area contributed by atoms with E-state index in [0.29, 0.717) is 23.6 Å². The predicted molar refractivity (Wildman–Crippen MR) is 110 cm³/mol. The summed E-state index contributed by atoms with van der Waals surface area (Å²) in [6, 6.07) is 15.9. The Hall–Kier alpha value is -2.57. The zero-order chi connectivity index (χ0) is 19.8. The van der Waals surface area contributed by atoms with Crippen LogP contribution >= 0.6 is 0 Å². The zero-order valence-corrected chi connectivity index (χ0v) is 16.7. The molecule has 1 heterocycles. The molecule has 1 fully saturated rings. The summed E-state index contributed by atoms with van der Waals surface area (Å²) < 4.78 is 10.6. The molecule has 2 aromatic rings. The number of hydrogen-bond acceptors (Lipinski definition) is 5. The molecule has 1 N–H and O–H groups in total. The van der Waals surface area contributed by atoms with E-state index in [4.69, 9.17) is 9.47 Å². The van der Waals surface area contributed by atoms with Crippen molar-refractivity contribution in [2.45, 2.75) is 6.54 Å². The Kier molecular flexibility index (Phi) is 7.28. The fourth-order valence-electron chi connectivity index (χ4n) is 3.50. The Morgan fingerprint density at radius 3 is 2.32 bits per heavy atom. The maximum atomic E-state index is 12.5. The number of ether oxygens (including phenoxy) is 2. The lowest BCUT2D eigenvalue weighted by atomic mass is 10.1. The molecule has 3 rings (SSSR count). The number of para-hydroxylation sites is 1. The molecule has 0 saturated carbocycles. The molecule has 1 saturated heterocycles. The van der Waals surface area contributed by atoms with E-state index in [9.17, 15) is 4.79 Å². The van der Waals surface area contributed by atoms with Crippen molar-refractivity contribution in [3.05, 3.63) is 59.7 Å². The summed E-state index contributed by atoms with van der Waals surface area (Å²) in [4.78, 5) is 17.4. The maximum absolute atomic E-state index is 12.5. The van der Waals surface area contributed by atoms with E-state index in [-0.39, 0.29) is 5.91 Å². The first kappa shape index (κ1) is 20.2. The first-order valence-corrected chi connectivity index (χ1v) is 9.69. The minimum Gasteiger partial charge on any atom is -0.493 e. The third kappa shape index (κ3) is 5.24. The van der Waals surface area contributed by atoms with Crippen molar-refractivity contribution in [1.82, 2.24) is 15.1 Å². The van der Waals surface area contributed by atoms with Gasteiger partial charge in [0.1, 0.15) is 0 Å². The van der Waals surface area contributed by atoms with E-state index in [1.54, 1.807) is 32.4 Å². The van der Waals surface area contributed by atoms with Gasteiger partial charge in [0, 0.05) is 45.8 Å². The largest absolute Gasteiger partial charge is 0.493 e. The van der Waals surface area contributed by atoms with Crippen molar-refractivity contribution in [3.63, 3.8) is 0 Å². The van der Waals surface area contributed by atoms with Gasteiger partial charge in [0.05, 0.1) is 19.8 Å². The van der Waals surface area contributed by atoms with Crippen LogP contribution in [0.1, 0.15) is 15.9 Å². The zero-order valence-electron chi connectivity index (χ0n) is 16.7. The number of nitrogens with one attached hydrogen (secondary N) is 1. The minimum atomic E-state index is -0.140. The highest BCUT2D eigenvalue weighted by molar-refractivity contribution is 5.97. The molecule has 28 heavy (non-hydrogen) atoms. The van der Waals surface area contributed by atoms with Gasteiger partial charge in [-0.2, -0.15) is 0 Å². The average Bonchev–Trinajstić information content (AvgIpc) is 2.75. The minimum absolute atomic E-state index is 0.140. The Labute approximate surface area is 167 Å². The molecule has 1 amide bonds. The molecule has 150 valence electrons. The normalized spacial score (nSPS) is 15.2. The molecule has 0 unspecified atom stereocenters. The summed E-state index contributed by atoms with van der Waals surface area (Å²) in [5.41, 5.74) is 1.85. The summed E-state index contributed by atoms with van der Waals surface area (Å²) in [7, 11) is 3.11. The summed E-state index contributed by atoms with van der Waals surface area (Å²) in [5.74, 6) is 0.889. The monoisotopic (exact) mass is 383 g/mol. The molecule has 0 aliphatic carbocycles. The van der Waals surface area contributed by atoms with Crippen molar-refractivity contribution in [2.75, 3.05) is 53.5 Å². The van der Waals surface area contributed by atoms with Gasteiger partial charge < -0.3 is 14.8 Å². The van der Waals surface area contributed by atoms with Gasteiger partial charge >= 0.3 is 0 Å². The molecular weight excluding hydrogens is 354 g/mol. The van der Waals surface area contributed by atoms with Crippen LogP contribution in [0, 0.1) is 0 Å². The lowest BCUT2D eigenvalue weighted by Crippen LogP contribution is -2.48.